The molecule has 0 heterocycles. The molecule has 0 saturated heterocycles. The molecule has 2 unspecified atom stereocenters. The van der Waals surface area contributed by atoms with Gasteiger partial charge in [0.1, 0.15) is 12.2 Å². The largest absolute Gasteiger partial charge is 0.481 e. The number of aliphatic hydroxyl groups excluding tert-OH is 4. The van der Waals surface area contributed by atoms with Gasteiger partial charge in [0.05, 0.1) is 37.6 Å². The van der Waals surface area contributed by atoms with Gasteiger partial charge >= 0.3 is 12.1 Å². The second-order valence-electron chi connectivity index (χ2n) is 7.22. The van der Waals surface area contributed by atoms with Crippen LogP contribution in [0.2, 0.25) is 0 Å². The minimum Gasteiger partial charge on any atom is -0.481 e. The van der Waals surface area contributed by atoms with Gasteiger partial charge in [-0.15, -0.1) is 0 Å². The van der Waals surface area contributed by atoms with E-state index in [0.29, 0.717) is 5.56 Å². The summed E-state index contributed by atoms with van der Waals surface area (Å²) in [5.41, 5.74) is 5.49. The molecule has 9 N–H and O–H groups in total. The number of halogens is 3. The predicted octanol–water partition coefficient (Wildman–Crippen LogP) is -1.84. The van der Waals surface area contributed by atoms with Crippen LogP contribution in [0, 0.1) is 0 Å². The number of aliphatic hydroxyl groups is 4. The molecule has 0 aliphatic carbocycles. The maximum Gasteiger partial charge on any atom is 0.391 e. The predicted molar refractivity (Wildman–Crippen MR) is 105 cm³/mol. The van der Waals surface area contributed by atoms with Crippen LogP contribution in [0.4, 0.5) is 13.2 Å². The molecular weight excluding hydrogens is 455 g/mol. The smallest absolute Gasteiger partial charge is 0.391 e. The van der Waals surface area contributed by atoms with Crippen molar-refractivity contribution in [2.24, 2.45) is 5.73 Å². The summed E-state index contributed by atoms with van der Waals surface area (Å²) in [6.07, 6.45) is -13.9. The van der Waals surface area contributed by atoms with Crippen LogP contribution < -0.4 is 16.4 Å². The third-order valence-electron chi connectivity index (χ3n) is 4.56. The molecule has 6 atom stereocenters. The number of carbonyl (C=O) groups is 3. The zero-order valence-corrected chi connectivity index (χ0v) is 17.1. The van der Waals surface area contributed by atoms with Gasteiger partial charge < -0.3 is 41.9 Å². The lowest BCUT2D eigenvalue weighted by Crippen LogP contribution is -2.58. The fourth-order valence-corrected chi connectivity index (χ4v) is 2.82. The van der Waals surface area contributed by atoms with Crippen molar-refractivity contribution < 1.29 is 53.1 Å². The number of hydrogen-bond donors (Lipinski definition) is 8. The van der Waals surface area contributed by atoms with Gasteiger partial charge in [0.2, 0.25) is 5.91 Å². The van der Waals surface area contributed by atoms with E-state index in [9.17, 15) is 48.0 Å². The van der Waals surface area contributed by atoms with Crippen molar-refractivity contribution in [3.8, 4) is 0 Å². The normalized spacial score (nSPS) is 17.2. The van der Waals surface area contributed by atoms with E-state index in [4.69, 9.17) is 10.8 Å². The molecule has 11 nitrogen and oxygen atoms in total. The van der Waals surface area contributed by atoms with Crippen molar-refractivity contribution in [2.45, 2.75) is 55.5 Å². The van der Waals surface area contributed by atoms with Crippen molar-refractivity contribution in [3.63, 3.8) is 0 Å². The Hall–Kier alpha value is -2.78. The Kier molecular flexibility index (Phi) is 10.7. The average Bonchev–Trinajstić information content (AvgIpc) is 2.74. The van der Waals surface area contributed by atoms with Gasteiger partial charge in [-0.3, -0.25) is 14.4 Å². The summed E-state index contributed by atoms with van der Waals surface area (Å²) in [4.78, 5) is 35.2. The fourth-order valence-electron chi connectivity index (χ4n) is 2.82. The number of nitrogens with one attached hydrogen (secondary N) is 2. The summed E-state index contributed by atoms with van der Waals surface area (Å²) < 4.78 is 37.1. The molecule has 33 heavy (non-hydrogen) atoms. The highest BCUT2D eigenvalue weighted by atomic mass is 19.4. The molecule has 0 saturated carbocycles. The molecule has 2 amide bonds. The Morgan fingerprint density at radius 1 is 0.970 bits per heavy atom. The van der Waals surface area contributed by atoms with Crippen molar-refractivity contribution in [1.29, 1.82) is 0 Å². The van der Waals surface area contributed by atoms with E-state index in [1.54, 1.807) is 18.2 Å². The molecule has 1 rings (SSSR count). The van der Waals surface area contributed by atoms with Crippen LogP contribution in [0.15, 0.2) is 30.3 Å². The molecule has 0 spiro atoms. The van der Waals surface area contributed by atoms with E-state index >= 15 is 0 Å². The van der Waals surface area contributed by atoms with Crippen LogP contribution >= 0.6 is 0 Å². The Morgan fingerprint density at radius 2 is 1.55 bits per heavy atom. The highest BCUT2D eigenvalue weighted by Gasteiger charge is 2.38. The maximum atomic E-state index is 12.4. The quantitative estimate of drug-likeness (QED) is 0.169. The summed E-state index contributed by atoms with van der Waals surface area (Å²) in [7, 11) is 0. The number of hydrogen-bond acceptors (Lipinski definition) is 8. The molecule has 0 aromatic heterocycles. The molecule has 1 aromatic carbocycles. The molecule has 0 radical (unpaired) electrons. The lowest BCUT2D eigenvalue weighted by atomic mass is 9.99. The molecule has 14 heteroatoms. The molecule has 0 aliphatic rings. The van der Waals surface area contributed by atoms with Crippen LogP contribution in [0.25, 0.3) is 0 Å². The molecule has 0 aliphatic heterocycles. The van der Waals surface area contributed by atoms with E-state index in [-0.39, 0.29) is 0 Å². The van der Waals surface area contributed by atoms with Crippen LogP contribution in [-0.4, -0.2) is 86.5 Å². The van der Waals surface area contributed by atoms with E-state index in [0.717, 1.165) is 0 Å². The van der Waals surface area contributed by atoms with E-state index in [1.807, 2.05) is 5.32 Å². The second kappa shape index (κ2) is 12.5. The van der Waals surface area contributed by atoms with Gasteiger partial charge in [0.15, 0.2) is 6.10 Å². The van der Waals surface area contributed by atoms with Gasteiger partial charge in [-0.2, -0.15) is 13.2 Å². The number of rotatable bonds is 12. The standard InChI is InChI=1S/C19H26F3N3O8/c20-19(21,22)7-10(23)17(32)25-12(8-26)14(29)15(30)16(31)18(33)24-11(6-13(27)28)9-4-2-1-3-5-9/h1-5,10-12,14-16,26,29-31H,6-8,23H2,(H,24,33)(H,25,32)(H,27,28)/t10?,11?,12-,14+,15+,16-/m0/s1. The molecular formula is C19H26F3N3O8. The number of carboxylic acids is 1. The van der Waals surface area contributed by atoms with Gasteiger partial charge in [0, 0.05) is 0 Å². The minimum atomic E-state index is -4.76. The first-order valence-electron chi connectivity index (χ1n) is 9.61. The van der Waals surface area contributed by atoms with Gasteiger partial charge in [0.25, 0.3) is 5.91 Å². The highest BCUT2D eigenvalue weighted by Crippen LogP contribution is 2.21. The Labute approximate surface area is 186 Å². The fraction of sp³-hybridized carbons (Fsp3) is 0.526. The lowest BCUT2D eigenvalue weighted by Gasteiger charge is -2.30. The summed E-state index contributed by atoms with van der Waals surface area (Å²) in [5, 5.41) is 52.7. The third-order valence-corrected chi connectivity index (χ3v) is 4.56. The first-order valence-corrected chi connectivity index (χ1v) is 9.61. The molecule has 0 fully saturated rings. The minimum absolute atomic E-state index is 0.370. The van der Waals surface area contributed by atoms with E-state index in [2.05, 4.69) is 5.32 Å². The molecule has 186 valence electrons. The summed E-state index contributed by atoms with van der Waals surface area (Å²) in [6.45, 7) is -1.08. The van der Waals surface area contributed by atoms with Crippen LogP contribution in [0.3, 0.4) is 0 Å². The Morgan fingerprint density at radius 3 is 2.03 bits per heavy atom. The lowest BCUT2D eigenvalue weighted by molar-refractivity contribution is -0.150. The van der Waals surface area contributed by atoms with Crippen molar-refractivity contribution >= 4 is 17.8 Å². The Bertz CT molecular complexity index is 796. The third kappa shape index (κ3) is 9.31. The molecule has 0 bridgehead atoms. The van der Waals surface area contributed by atoms with E-state index < -0.39 is 79.8 Å². The van der Waals surface area contributed by atoms with Crippen molar-refractivity contribution in [1.82, 2.24) is 10.6 Å². The number of nitrogens with two attached hydrogens (primary N) is 1. The summed E-state index contributed by atoms with van der Waals surface area (Å²) in [5.74, 6) is -3.96. The zero-order valence-electron chi connectivity index (χ0n) is 17.1. The topological polar surface area (TPSA) is 202 Å². The SMILES string of the molecule is NC(CC(F)(F)F)C(=O)N[C@@H](CO)[C@@H](O)[C@@H](O)[C@H](O)C(=O)NC(CC(=O)O)c1ccccc1. The number of amides is 2. The van der Waals surface area contributed by atoms with E-state index in [1.165, 1.54) is 12.1 Å². The monoisotopic (exact) mass is 481 g/mol. The number of carboxylic acid groups (broad SMARTS) is 1. The van der Waals surface area contributed by atoms with Crippen LogP contribution in [-0.2, 0) is 14.4 Å². The average molecular weight is 481 g/mol. The summed E-state index contributed by atoms with van der Waals surface area (Å²) >= 11 is 0. The van der Waals surface area contributed by atoms with Crippen molar-refractivity contribution in [2.75, 3.05) is 6.61 Å². The number of alkyl halides is 3. The van der Waals surface area contributed by atoms with Gasteiger partial charge in [-0.05, 0) is 5.56 Å². The number of benzene rings is 1. The first kappa shape index (κ1) is 28.3. The van der Waals surface area contributed by atoms with Crippen LogP contribution in [0.5, 0.6) is 0 Å². The highest BCUT2D eigenvalue weighted by molar-refractivity contribution is 5.83. The van der Waals surface area contributed by atoms with Gasteiger partial charge in [-0.25, -0.2) is 0 Å². The number of aliphatic carboxylic acids is 1. The summed E-state index contributed by atoms with van der Waals surface area (Å²) in [6, 6.07) is 2.84. The van der Waals surface area contributed by atoms with Crippen molar-refractivity contribution in [3.05, 3.63) is 35.9 Å². The Balaban J connectivity index is 2.84. The maximum absolute atomic E-state index is 12.4. The number of carbonyl (C=O) groups excluding carboxylic acids is 2. The first-order chi connectivity index (χ1) is 15.3. The zero-order chi connectivity index (χ0) is 25.3. The second-order valence-corrected chi connectivity index (χ2v) is 7.22. The molecule has 1 aromatic rings. The van der Waals surface area contributed by atoms with Crippen LogP contribution in [0.1, 0.15) is 24.4 Å². The van der Waals surface area contributed by atoms with Gasteiger partial charge in [-0.1, -0.05) is 30.3 Å².